The maximum atomic E-state index is 5.41. The van der Waals surface area contributed by atoms with E-state index in [4.69, 9.17) is 4.52 Å². The lowest BCUT2D eigenvalue weighted by Crippen LogP contribution is -2.02. The normalized spacial score (nSPS) is 11.0. The first-order chi connectivity index (χ1) is 12.1. The Morgan fingerprint density at radius 3 is 2.52 bits per heavy atom. The highest BCUT2D eigenvalue weighted by molar-refractivity contribution is 5.59. The van der Waals surface area contributed by atoms with Gasteiger partial charge in [0.25, 0.3) is 5.89 Å². The lowest BCUT2D eigenvalue weighted by molar-refractivity contribution is 0.430. The van der Waals surface area contributed by atoms with Crippen molar-refractivity contribution in [3.05, 3.63) is 65.4 Å². The van der Waals surface area contributed by atoms with Gasteiger partial charge in [-0.05, 0) is 38.0 Å². The third-order valence-electron chi connectivity index (χ3n) is 4.36. The molecule has 0 atom stereocenters. The van der Waals surface area contributed by atoms with Gasteiger partial charge in [-0.3, -0.25) is 0 Å². The number of nitrogens with zero attached hydrogens (tertiary/aromatic N) is 5. The van der Waals surface area contributed by atoms with Crippen LogP contribution in [0.4, 0.5) is 0 Å². The highest BCUT2D eigenvalue weighted by Crippen LogP contribution is 2.25. The Balaban J connectivity index is 1.75. The molecule has 6 nitrogen and oxygen atoms in total. The molecule has 0 saturated heterocycles. The lowest BCUT2D eigenvalue weighted by Gasteiger charge is -2.09. The summed E-state index contributed by atoms with van der Waals surface area (Å²) in [6.45, 7) is 6.10. The molecule has 0 amide bonds. The number of aryl methyl sites for hydroxylation is 1. The molecule has 0 aliphatic heterocycles. The summed E-state index contributed by atoms with van der Waals surface area (Å²) in [4.78, 5) is 4.46. The predicted octanol–water partition coefficient (Wildman–Crippen LogP) is 3.91. The Hall–Kier alpha value is -3.28. The van der Waals surface area contributed by atoms with Gasteiger partial charge in [-0.25, -0.2) is 4.68 Å². The molecule has 6 heteroatoms. The van der Waals surface area contributed by atoms with Crippen molar-refractivity contribution in [2.45, 2.75) is 20.8 Å². The predicted molar refractivity (Wildman–Crippen MR) is 94.3 cm³/mol. The molecule has 124 valence electrons. The number of hydrogen-bond acceptors (Lipinski definition) is 5. The summed E-state index contributed by atoms with van der Waals surface area (Å²) < 4.78 is 7.22. The molecular formula is C19H17N5O. The zero-order chi connectivity index (χ0) is 17.4. The molecule has 2 aromatic heterocycles. The van der Waals surface area contributed by atoms with E-state index in [0.29, 0.717) is 17.4 Å². The van der Waals surface area contributed by atoms with Crippen molar-refractivity contribution in [1.29, 1.82) is 0 Å². The number of rotatable bonds is 3. The van der Waals surface area contributed by atoms with Crippen LogP contribution in [0.2, 0.25) is 0 Å². The largest absolute Gasteiger partial charge is 0.332 e. The summed E-state index contributed by atoms with van der Waals surface area (Å²) in [5.41, 5.74) is 5.72. The van der Waals surface area contributed by atoms with E-state index in [1.807, 2.05) is 54.1 Å². The standard InChI is InChI=1S/C19H17N5O/c1-12-8-7-11-16(13(12)2)24-14(3)17(21-23-24)19-20-18(22-25-19)15-9-5-4-6-10-15/h4-11H,1-3H3. The SMILES string of the molecule is Cc1cccc(-n2nnc(-c3nc(-c4ccccc4)no3)c2C)c1C. The zero-order valence-electron chi connectivity index (χ0n) is 14.3. The fourth-order valence-corrected chi connectivity index (χ4v) is 2.74. The maximum absolute atomic E-state index is 5.41. The quantitative estimate of drug-likeness (QED) is 0.569. The topological polar surface area (TPSA) is 69.6 Å². The minimum Gasteiger partial charge on any atom is -0.332 e. The van der Waals surface area contributed by atoms with Crippen LogP contribution in [-0.4, -0.2) is 25.1 Å². The van der Waals surface area contributed by atoms with Crippen molar-refractivity contribution in [2.24, 2.45) is 0 Å². The lowest BCUT2D eigenvalue weighted by atomic mass is 10.1. The molecule has 0 bridgehead atoms. The first-order valence-corrected chi connectivity index (χ1v) is 8.03. The van der Waals surface area contributed by atoms with Crippen molar-refractivity contribution >= 4 is 0 Å². The van der Waals surface area contributed by atoms with Crippen molar-refractivity contribution in [3.8, 4) is 28.7 Å². The van der Waals surface area contributed by atoms with E-state index >= 15 is 0 Å². The van der Waals surface area contributed by atoms with E-state index in [0.717, 1.165) is 22.5 Å². The second-order valence-electron chi connectivity index (χ2n) is 5.94. The van der Waals surface area contributed by atoms with Gasteiger partial charge in [-0.1, -0.05) is 52.8 Å². The monoisotopic (exact) mass is 331 g/mol. The van der Waals surface area contributed by atoms with Crippen LogP contribution >= 0.6 is 0 Å². The molecule has 25 heavy (non-hydrogen) atoms. The average Bonchev–Trinajstić information content (AvgIpc) is 3.25. The van der Waals surface area contributed by atoms with Crippen LogP contribution in [0, 0.1) is 20.8 Å². The van der Waals surface area contributed by atoms with Crippen LogP contribution in [0.25, 0.3) is 28.7 Å². The van der Waals surface area contributed by atoms with E-state index in [2.05, 4.69) is 40.4 Å². The highest BCUT2D eigenvalue weighted by Gasteiger charge is 2.19. The molecule has 0 saturated carbocycles. The first-order valence-electron chi connectivity index (χ1n) is 8.03. The van der Waals surface area contributed by atoms with E-state index in [-0.39, 0.29) is 0 Å². The fraction of sp³-hybridized carbons (Fsp3) is 0.158. The molecule has 2 aromatic carbocycles. The Kier molecular flexibility index (Phi) is 3.65. The maximum Gasteiger partial charge on any atom is 0.280 e. The first kappa shape index (κ1) is 15.3. The van der Waals surface area contributed by atoms with Crippen LogP contribution in [0.15, 0.2) is 53.1 Å². The Morgan fingerprint density at radius 2 is 1.72 bits per heavy atom. The molecule has 2 heterocycles. The molecular weight excluding hydrogens is 314 g/mol. The average molecular weight is 331 g/mol. The van der Waals surface area contributed by atoms with Gasteiger partial charge in [0, 0.05) is 5.56 Å². The van der Waals surface area contributed by atoms with Crippen molar-refractivity contribution in [1.82, 2.24) is 25.1 Å². The molecule has 0 N–H and O–H groups in total. The number of benzene rings is 2. The van der Waals surface area contributed by atoms with Gasteiger partial charge in [0.1, 0.15) is 0 Å². The molecule has 4 aromatic rings. The molecule has 0 spiro atoms. The summed E-state index contributed by atoms with van der Waals surface area (Å²) in [5, 5.41) is 12.6. The van der Waals surface area contributed by atoms with Crippen LogP contribution in [0.3, 0.4) is 0 Å². The highest BCUT2D eigenvalue weighted by atomic mass is 16.5. The Morgan fingerprint density at radius 1 is 0.920 bits per heavy atom. The summed E-state index contributed by atoms with van der Waals surface area (Å²) >= 11 is 0. The second-order valence-corrected chi connectivity index (χ2v) is 5.94. The minimum absolute atomic E-state index is 0.368. The van der Waals surface area contributed by atoms with Gasteiger partial charge in [0.15, 0.2) is 5.69 Å². The van der Waals surface area contributed by atoms with Crippen molar-refractivity contribution < 1.29 is 4.52 Å². The van der Waals surface area contributed by atoms with Crippen molar-refractivity contribution in [3.63, 3.8) is 0 Å². The van der Waals surface area contributed by atoms with Crippen LogP contribution < -0.4 is 0 Å². The van der Waals surface area contributed by atoms with Crippen LogP contribution in [-0.2, 0) is 0 Å². The van der Waals surface area contributed by atoms with Gasteiger partial charge < -0.3 is 4.52 Å². The molecule has 0 aliphatic carbocycles. The van der Waals surface area contributed by atoms with Crippen LogP contribution in [0.1, 0.15) is 16.8 Å². The van der Waals surface area contributed by atoms with E-state index in [9.17, 15) is 0 Å². The molecule has 0 aliphatic rings. The zero-order valence-corrected chi connectivity index (χ0v) is 14.3. The third-order valence-corrected chi connectivity index (χ3v) is 4.36. The number of aromatic nitrogens is 5. The van der Waals surface area contributed by atoms with Gasteiger partial charge >= 0.3 is 0 Å². The summed E-state index contributed by atoms with van der Waals surface area (Å²) in [6.07, 6.45) is 0. The molecule has 0 fully saturated rings. The van der Waals surface area contributed by atoms with E-state index in [1.165, 1.54) is 5.56 Å². The Bertz CT molecular complexity index is 1030. The number of hydrogen-bond donors (Lipinski definition) is 0. The van der Waals surface area contributed by atoms with Crippen LogP contribution in [0.5, 0.6) is 0 Å². The molecule has 0 radical (unpaired) electrons. The molecule has 4 rings (SSSR count). The van der Waals surface area contributed by atoms with Gasteiger partial charge in [0.2, 0.25) is 5.82 Å². The summed E-state index contributed by atoms with van der Waals surface area (Å²) in [6, 6.07) is 15.8. The smallest absolute Gasteiger partial charge is 0.280 e. The molecule has 0 unspecified atom stereocenters. The Labute approximate surface area is 145 Å². The van der Waals surface area contributed by atoms with Crippen molar-refractivity contribution in [2.75, 3.05) is 0 Å². The summed E-state index contributed by atoms with van der Waals surface area (Å²) in [7, 11) is 0. The van der Waals surface area contributed by atoms with E-state index in [1.54, 1.807) is 0 Å². The fourth-order valence-electron chi connectivity index (χ4n) is 2.74. The van der Waals surface area contributed by atoms with Gasteiger partial charge in [-0.15, -0.1) is 5.10 Å². The minimum atomic E-state index is 0.368. The second kappa shape index (κ2) is 5.98. The summed E-state index contributed by atoms with van der Waals surface area (Å²) in [5.74, 6) is 0.907. The van der Waals surface area contributed by atoms with Gasteiger partial charge in [-0.2, -0.15) is 4.98 Å². The van der Waals surface area contributed by atoms with Gasteiger partial charge in [0.05, 0.1) is 11.4 Å². The van der Waals surface area contributed by atoms with E-state index < -0.39 is 0 Å². The third kappa shape index (κ3) is 2.61.